The van der Waals surface area contributed by atoms with E-state index in [0.29, 0.717) is 19.5 Å². The molecule has 0 aliphatic rings. The fraction of sp³-hybridized carbons (Fsp3) is 0.444. The molecule has 0 spiro atoms. The molecule has 1 aromatic heterocycles. The van der Waals surface area contributed by atoms with Gasteiger partial charge in [0.15, 0.2) is 0 Å². The minimum Gasteiger partial charge on any atom is -0.341 e. The standard InChI is InChI=1S/C9H13ClN2OS/c1-12(9(13)4-5-11)6-7-2-3-8(10)14-7/h2-3H,4-6,11H2,1H3. The van der Waals surface area contributed by atoms with Crippen LogP contribution in [0, 0.1) is 0 Å². The van der Waals surface area contributed by atoms with Gasteiger partial charge in [-0.1, -0.05) is 11.6 Å². The Hall–Kier alpha value is -0.580. The lowest BCUT2D eigenvalue weighted by molar-refractivity contribution is -0.130. The molecule has 0 aliphatic heterocycles. The average Bonchev–Trinajstić information content (AvgIpc) is 2.51. The molecule has 3 nitrogen and oxygen atoms in total. The summed E-state index contributed by atoms with van der Waals surface area (Å²) in [7, 11) is 1.77. The van der Waals surface area contributed by atoms with Crippen molar-refractivity contribution in [3.63, 3.8) is 0 Å². The summed E-state index contributed by atoms with van der Waals surface area (Å²) in [5, 5.41) is 0. The Morgan fingerprint density at radius 2 is 2.36 bits per heavy atom. The van der Waals surface area contributed by atoms with Crippen LogP contribution in [0.1, 0.15) is 11.3 Å². The number of nitrogens with zero attached hydrogens (tertiary/aromatic N) is 1. The maximum Gasteiger partial charge on any atom is 0.223 e. The molecule has 1 rings (SSSR count). The van der Waals surface area contributed by atoms with Crippen LogP contribution in [-0.2, 0) is 11.3 Å². The Bertz CT molecular complexity index is 314. The summed E-state index contributed by atoms with van der Waals surface area (Å²) < 4.78 is 0.750. The third kappa shape index (κ3) is 3.29. The normalized spacial score (nSPS) is 10.2. The number of amides is 1. The molecule has 1 amide bonds. The van der Waals surface area contributed by atoms with Crippen molar-refractivity contribution < 1.29 is 4.79 Å². The zero-order valence-electron chi connectivity index (χ0n) is 8.00. The summed E-state index contributed by atoms with van der Waals surface area (Å²) in [6.45, 7) is 1.00. The molecule has 14 heavy (non-hydrogen) atoms. The molecule has 0 unspecified atom stereocenters. The number of thiophene rings is 1. The van der Waals surface area contributed by atoms with E-state index in [-0.39, 0.29) is 5.91 Å². The highest BCUT2D eigenvalue weighted by Crippen LogP contribution is 2.22. The zero-order valence-corrected chi connectivity index (χ0v) is 9.57. The van der Waals surface area contributed by atoms with Crippen molar-refractivity contribution in [1.82, 2.24) is 4.90 Å². The van der Waals surface area contributed by atoms with E-state index in [9.17, 15) is 4.79 Å². The lowest BCUT2D eigenvalue weighted by atomic mass is 10.3. The number of carbonyl (C=O) groups is 1. The first kappa shape index (κ1) is 11.5. The summed E-state index contributed by atoms with van der Waals surface area (Å²) >= 11 is 7.27. The molecular weight excluding hydrogens is 220 g/mol. The number of nitrogens with two attached hydrogens (primary N) is 1. The maximum absolute atomic E-state index is 11.4. The number of hydrogen-bond acceptors (Lipinski definition) is 3. The van der Waals surface area contributed by atoms with E-state index in [4.69, 9.17) is 17.3 Å². The van der Waals surface area contributed by atoms with Crippen LogP contribution >= 0.6 is 22.9 Å². The quantitative estimate of drug-likeness (QED) is 0.859. The van der Waals surface area contributed by atoms with Gasteiger partial charge in [-0.05, 0) is 12.1 Å². The lowest BCUT2D eigenvalue weighted by Gasteiger charge is -2.15. The monoisotopic (exact) mass is 232 g/mol. The molecule has 0 aromatic carbocycles. The summed E-state index contributed by atoms with van der Waals surface area (Å²) in [5.41, 5.74) is 5.30. The van der Waals surface area contributed by atoms with Crippen molar-refractivity contribution in [3.05, 3.63) is 21.3 Å². The number of halogens is 1. The first-order valence-electron chi connectivity index (χ1n) is 4.31. The van der Waals surface area contributed by atoms with Crippen molar-refractivity contribution >= 4 is 28.8 Å². The number of hydrogen-bond donors (Lipinski definition) is 1. The van der Waals surface area contributed by atoms with Gasteiger partial charge in [0, 0.05) is 24.9 Å². The van der Waals surface area contributed by atoms with Crippen LogP contribution in [0.3, 0.4) is 0 Å². The van der Waals surface area contributed by atoms with Crippen LogP contribution < -0.4 is 5.73 Å². The van der Waals surface area contributed by atoms with Crippen LogP contribution in [0.25, 0.3) is 0 Å². The molecular formula is C9H13ClN2OS. The zero-order chi connectivity index (χ0) is 10.6. The fourth-order valence-corrected chi connectivity index (χ4v) is 2.21. The van der Waals surface area contributed by atoms with Gasteiger partial charge in [-0.15, -0.1) is 11.3 Å². The number of rotatable bonds is 4. The van der Waals surface area contributed by atoms with Crippen LogP contribution in [0.15, 0.2) is 12.1 Å². The predicted octanol–water partition coefficient (Wildman–Crippen LogP) is 1.71. The van der Waals surface area contributed by atoms with Crippen LogP contribution in [0.4, 0.5) is 0 Å². The molecule has 0 aliphatic carbocycles. The van der Waals surface area contributed by atoms with Gasteiger partial charge in [-0.3, -0.25) is 4.79 Å². The van der Waals surface area contributed by atoms with Crippen molar-refractivity contribution in [2.24, 2.45) is 5.73 Å². The molecule has 0 radical (unpaired) electrons. The molecule has 0 saturated heterocycles. The molecule has 5 heteroatoms. The van der Waals surface area contributed by atoms with Gasteiger partial charge in [0.1, 0.15) is 0 Å². The second kappa shape index (κ2) is 5.34. The third-order valence-corrected chi connectivity index (χ3v) is 3.02. The highest BCUT2D eigenvalue weighted by Gasteiger charge is 2.08. The van der Waals surface area contributed by atoms with E-state index in [2.05, 4.69) is 0 Å². The molecule has 78 valence electrons. The molecule has 2 N–H and O–H groups in total. The average molecular weight is 233 g/mol. The molecule has 1 heterocycles. The lowest BCUT2D eigenvalue weighted by Crippen LogP contribution is -2.27. The van der Waals surface area contributed by atoms with Gasteiger partial charge >= 0.3 is 0 Å². The van der Waals surface area contributed by atoms with E-state index in [0.717, 1.165) is 9.21 Å². The summed E-state index contributed by atoms with van der Waals surface area (Å²) in [4.78, 5) is 14.1. The molecule has 0 atom stereocenters. The molecule has 0 fully saturated rings. The van der Waals surface area contributed by atoms with E-state index in [1.54, 1.807) is 11.9 Å². The Morgan fingerprint density at radius 3 is 2.86 bits per heavy atom. The van der Waals surface area contributed by atoms with E-state index in [1.807, 2.05) is 12.1 Å². The minimum atomic E-state index is 0.0667. The molecule has 0 bridgehead atoms. The Balaban J connectivity index is 2.48. The van der Waals surface area contributed by atoms with Crippen molar-refractivity contribution in [3.8, 4) is 0 Å². The summed E-state index contributed by atoms with van der Waals surface area (Å²) in [5.74, 6) is 0.0667. The maximum atomic E-state index is 11.4. The highest BCUT2D eigenvalue weighted by molar-refractivity contribution is 7.16. The van der Waals surface area contributed by atoms with Gasteiger partial charge in [-0.2, -0.15) is 0 Å². The second-order valence-corrected chi connectivity index (χ2v) is 4.79. The predicted molar refractivity (Wildman–Crippen MR) is 59.5 cm³/mol. The first-order chi connectivity index (χ1) is 6.63. The van der Waals surface area contributed by atoms with E-state index in [1.165, 1.54) is 11.3 Å². The van der Waals surface area contributed by atoms with Crippen molar-refractivity contribution in [1.29, 1.82) is 0 Å². The smallest absolute Gasteiger partial charge is 0.223 e. The Morgan fingerprint density at radius 1 is 1.64 bits per heavy atom. The van der Waals surface area contributed by atoms with Gasteiger partial charge in [0.2, 0.25) is 5.91 Å². The van der Waals surface area contributed by atoms with Gasteiger partial charge in [0.05, 0.1) is 10.9 Å². The van der Waals surface area contributed by atoms with Crippen LogP contribution in [0.5, 0.6) is 0 Å². The van der Waals surface area contributed by atoms with Gasteiger partial charge in [-0.25, -0.2) is 0 Å². The third-order valence-electron chi connectivity index (χ3n) is 1.81. The highest BCUT2D eigenvalue weighted by atomic mass is 35.5. The summed E-state index contributed by atoms with van der Waals surface area (Å²) in [6, 6.07) is 3.77. The summed E-state index contributed by atoms with van der Waals surface area (Å²) in [6.07, 6.45) is 0.398. The van der Waals surface area contributed by atoms with Crippen LogP contribution in [-0.4, -0.2) is 24.4 Å². The van der Waals surface area contributed by atoms with E-state index >= 15 is 0 Å². The minimum absolute atomic E-state index is 0.0667. The first-order valence-corrected chi connectivity index (χ1v) is 5.51. The van der Waals surface area contributed by atoms with Crippen molar-refractivity contribution in [2.75, 3.05) is 13.6 Å². The largest absolute Gasteiger partial charge is 0.341 e. The Kier molecular flexibility index (Phi) is 4.38. The second-order valence-electron chi connectivity index (χ2n) is 2.99. The molecule has 0 saturated carbocycles. The Labute approximate surface area is 92.5 Å². The topological polar surface area (TPSA) is 46.3 Å². The van der Waals surface area contributed by atoms with Gasteiger partial charge in [0.25, 0.3) is 0 Å². The SMILES string of the molecule is CN(Cc1ccc(Cl)s1)C(=O)CCN. The van der Waals surface area contributed by atoms with Crippen LogP contribution in [0.2, 0.25) is 4.34 Å². The fourth-order valence-electron chi connectivity index (χ4n) is 1.07. The van der Waals surface area contributed by atoms with Crippen molar-refractivity contribution in [2.45, 2.75) is 13.0 Å². The molecule has 1 aromatic rings. The van der Waals surface area contributed by atoms with E-state index < -0.39 is 0 Å². The van der Waals surface area contributed by atoms with Gasteiger partial charge < -0.3 is 10.6 Å². The number of carbonyl (C=O) groups excluding carboxylic acids is 1.